The summed E-state index contributed by atoms with van der Waals surface area (Å²) in [6.07, 6.45) is -1.88. The Balaban J connectivity index is 1.62. The summed E-state index contributed by atoms with van der Waals surface area (Å²) >= 11 is 0. The third kappa shape index (κ3) is 4.50. The molecular formula is C20H18F3N5O3. The second-order valence-corrected chi connectivity index (χ2v) is 6.93. The number of rotatable bonds is 4. The van der Waals surface area contributed by atoms with Gasteiger partial charge in [0.05, 0.1) is 35.5 Å². The van der Waals surface area contributed by atoms with Crippen LogP contribution in [0.5, 0.6) is 0 Å². The van der Waals surface area contributed by atoms with Gasteiger partial charge in [-0.15, -0.1) is 0 Å². The highest BCUT2D eigenvalue weighted by atomic mass is 19.4. The van der Waals surface area contributed by atoms with E-state index in [-0.39, 0.29) is 16.7 Å². The number of amides is 1. The lowest BCUT2D eigenvalue weighted by Crippen LogP contribution is -2.37. The van der Waals surface area contributed by atoms with Crippen molar-refractivity contribution in [3.05, 3.63) is 58.8 Å². The van der Waals surface area contributed by atoms with Crippen LogP contribution in [0.15, 0.2) is 47.7 Å². The van der Waals surface area contributed by atoms with Gasteiger partial charge in [0.25, 0.3) is 5.56 Å². The van der Waals surface area contributed by atoms with Crippen molar-refractivity contribution in [3.63, 3.8) is 0 Å². The molecule has 1 fully saturated rings. The van der Waals surface area contributed by atoms with Crippen molar-refractivity contribution in [2.75, 3.05) is 36.5 Å². The molecular weight excluding hydrogens is 415 g/mol. The number of alkyl halides is 3. The molecule has 0 bridgehead atoms. The lowest BCUT2D eigenvalue weighted by atomic mass is 10.1. The van der Waals surface area contributed by atoms with Crippen molar-refractivity contribution in [2.24, 2.45) is 0 Å². The van der Waals surface area contributed by atoms with Crippen LogP contribution in [-0.4, -0.2) is 46.7 Å². The van der Waals surface area contributed by atoms with E-state index in [4.69, 9.17) is 4.74 Å². The van der Waals surface area contributed by atoms with Crippen molar-refractivity contribution in [2.45, 2.75) is 12.7 Å². The van der Waals surface area contributed by atoms with Crippen LogP contribution in [-0.2, 0) is 22.3 Å². The summed E-state index contributed by atoms with van der Waals surface area (Å²) in [6.45, 7) is 1.42. The Hall–Kier alpha value is -3.47. The fraction of sp³-hybridized carbons (Fsp3) is 0.300. The molecule has 1 aliphatic rings. The van der Waals surface area contributed by atoms with Crippen LogP contribution in [0.3, 0.4) is 0 Å². The molecule has 0 radical (unpaired) electrons. The molecule has 0 aliphatic carbocycles. The molecule has 0 saturated carbocycles. The van der Waals surface area contributed by atoms with Crippen LogP contribution < -0.4 is 15.8 Å². The summed E-state index contributed by atoms with van der Waals surface area (Å²) in [7, 11) is 0. The third-order valence-corrected chi connectivity index (χ3v) is 4.86. The normalized spacial score (nSPS) is 14.6. The van der Waals surface area contributed by atoms with Crippen LogP contribution in [0, 0.1) is 0 Å². The van der Waals surface area contributed by atoms with Crippen molar-refractivity contribution >= 4 is 28.3 Å². The van der Waals surface area contributed by atoms with E-state index in [1.165, 1.54) is 24.7 Å². The van der Waals surface area contributed by atoms with Crippen molar-refractivity contribution in [1.29, 1.82) is 0 Å². The SMILES string of the molecule is O=C(Cn1cnc2ncccc2c1=O)Nc1cc(C(F)(F)F)ccc1N1CCOCC1. The molecule has 1 aliphatic heterocycles. The van der Waals surface area contributed by atoms with E-state index in [1.54, 1.807) is 6.07 Å². The van der Waals surface area contributed by atoms with Crippen molar-refractivity contribution in [1.82, 2.24) is 14.5 Å². The minimum Gasteiger partial charge on any atom is -0.378 e. The number of aromatic nitrogens is 3. The highest BCUT2D eigenvalue weighted by molar-refractivity contribution is 5.94. The molecule has 0 spiro atoms. The number of benzene rings is 1. The standard InChI is InChI=1S/C20H18F3N5O3/c21-20(22,23)13-3-4-16(27-6-8-31-9-7-27)15(10-13)26-17(29)11-28-12-25-18-14(19(28)30)2-1-5-24-18/h1-5,10,12H,6-9,11H2,(H,26,29). The van der Waals surface area contributed by atoms with Crippen molar-refractivity contribution in [3.8, 4) is 0 Å². The van der Waals surface area contributed by atoms with Gasteiger partial charge in [0.2, 0.25) is 5.91 Å². The van der Waals surface area contributed by atoms with Gasteiger partial charge in [-0.3, -0.25) is 14.2 Å². The van der Waals surface area contributed by atoms with Gasteiger partial charge in [0.15, 0.2) is 5.65 Å². The zero-order valence-electron chi connectivity index (χ0n) is 16.2. The summed E-state index contributed by atoms with van der Waals surface area (Å²) in [5.41, 5.74) is -0.624. The minimum absolute atomic E-state index is 0.0187. The molecule has 1 saturated heterocycles. The fourth-order valence-corrected chi connectivity index (χ4v) is 3.35. The van der Waals surface area contributed by atoms with E-state index in [2.05, 4.69) is 15.3 Å². The molecule has 11 heteroatoms. The zero-order chi connectivity index (χ0) is 22.0. The first kappa shape index (κ1) is 20.8. The number of nitrogens with one attached hydrogen (secondary N) is 1. The first-order valence-corrected chi connectivity index (χ1v) is 9.47. The molecule has 0 atom stereocenters. The quantitative estimate of drug-likeness (QED) is 0.679. The Labute approximate surface area is 174 Å². The minimum atomic E-state index is -4.56. The monoisotopic (exact) mass is 433 g/mol. The molecule has 162 valence electrons. The van der Waals surface area contributed by atoms with Crippen LogP contribution in [0.4, 0.5) is 24.5 Å². The van der Waals surface area contributed by atoms with Crippen LogP contribution in [0.2, 0.25) is 0 Å². The zero-order valence-corrected chi connectivity index (χ0v) is 16.2. The van der Waals surface area contributed by atoms with Crippen LogP contribution in [0.1, 0.15) is 5.56 Å². The molecule has 1 aromatic carbocycles. The summed E-state index contributed by atoms with van der Waals surface area (Å²) < 4.78 is 46.0. The maximum Gasteiger partial charge on any atom is 0.416 e. The first-order valence-electron chi connectivity index (χ1n) is 9.47. The summed E-state index contributed by atoms with van der Waals surface area (Å²) in [5, 5.41) is 2.76. The van der Waals surface area contributed by atoms with E-state index in [0.717, 1.165) is 16.7 Å². The average molecular weight is 433 g/mol. The highest BCUT2D eigenvalue weighted by Gasteiger charge is 2.32. The van der Waals surface area contributed by atoms with E-state index in [9.17, 15) is 22.8 Å². The number of carbonyl (C=O) groups is 1. The topological polar surface area (TPSA) is 89.3 Å². The van der Waals surface area contributed by atoms with E-state index in [1.807, 2.05) is 4.90 Å². The molecule has 1 amide bonds. The lowest BCUT2D eigenvalue weighted by molar-refractivity contribution is -0.137. The highest BCUT2D eigenvalue weighted by Crippen LogP contribution is 2.35. The van der Waals surface area contributed by atoms with Gasteiger partial charge in [-0.1, -0.05) is 0 Å². The molecule has 2 aromatic heterocycles. The number of pyridine rings is 1. The number of ether oxygens (including phenoxy) is 1. The Kier molecular flexibility index (Phi) is 5.59. The van der Waals surface area contributed by atoms with Gasteiger partial charge < -0.3 is 15.0 Å². The van der Waals surface area contributed by atoms with Crippen LogP contribution in [0.25, 0.3) is 11.0 Å². The first-order chi connectivity index (χ1) is 14.8. The maximum atomic E-state index is 13.2. The van der Waals surface area contributed by atoms with Gasteiger partial charge in [0, 0.05) is 19.3 Å². The van der Waals surface area contributed by atoms with E-state index in [0.29, 0.717) is 32.0 Å². The number of nitrogens with zero attached hydrogens (tertiary/aromatic N) is 4. The summed E-state index contributed by atoms with van der Waals surface area (Å²) in [4.78, 5) is 35.0. The number of hydrogen-bond donors (Lipinski definition) is 1. The molecule has 4 rings (SSSR count). The molecule has 31 heavy (non-hydrogen) atoms. The Morgan fingerprint density at radius 1 is 1.16 bits per heavy atom. The second kappa shape index (κ2) is 8.34. The van der Waals surface area contributed by atoms with Gasteiger partial charge in [-0.2, -0.15) is 13.2 Å². The number of fused-ring (bicyclic) bond motifs is 1. The molecule has 0 unspecified atom stereocenters. The lowest BCUT2D eigenvalue weighted by Gasteiger charge is -2.31. The Morgan fingerprint density at radius 3 is 2.68 bits per heavy atom. The van der Waals surface area contributed by atoms with Crippen LogP contribution >= 0.6 is 0 Å². The third-order valence-electron chi connectivity index (χ3n) is 4.86. The summed E-state index contributed by atoms with van der Waals surface area (Å²) in [6, 6.07) is 6.32. The number of morpholine rings is 1. The number of halogens is 3. The van der Waals surface area contributed by atoms with Gasteiger partial charge in [-0.05, 0) is 30.3 Å². The Morgan fingerprint density at radius 2 is 1.94 bits per heavy atom. The molecule has 3 aromatic rings. The van der Waals surface area contributed by atoms with E-state index >= 15 is 0 Å². The predicted molar refractivity (Wildman–Crippen MR) is 107 cm³/mol. The number of carbonyl (C=O) groups excluding carboxylic acids is 1. The molecule has 1 N–H and O–H groups in total. The average Bonchev–Trinajstić information content (AvgIpc) is 2.76. The number of anilines is 2. The predicted octanol–water partition coefficient (Wildman–Crippen LogP) is 2.29. The Bertz CT molecular complexity index is 1170. The molecule has 8 nitrogen and oxygen atoms in total. The fourth-order valence-electron chi connectivity index (χ4n) is 3.35. The largest absolute Gasteiger partial charge is 0.416 e. The van der Waals surface area contributed by atoms with E-state index < -0.39 is 29.8 Å². The van der Waals surface area contributed by atoms with Gasteiger partial charge in [-0.25, -0.2) is 9.97 Å². The van der Waals surface area contributed by atoms with Crippen molar-refractivity contribution < 1.29 is 22.7 Å². The smallest absolute Gasteiger partial charge is 0.378 e. The maximum absolute atomic E-state index is 13.2. The molecule has 3 heterocycles. The number of hydrogen-bond acceptors (Lipinski definition) is 6. The summed E-state index contributed by atoms with van der Waals surface area (Å²) in [5.74, 6) is -0.652. The van der Waals surface area contributed by atoms with Gasteiger partial charge >= 0.3 is 6.18 Å². The van der Waals surface area contributed by atoms with Gasteiger partial charge in [0.1, 0.15) is 12.9 Å². The second-order valence-electron chi connectivity index (χ2n) is 6.93.